The molecule has 0 fully saturated rings. The van der Waals surface area contributed by atoms with E-state index in [1.54, 1.807) is 11.8 Å². The fourth-order valence-corrected chi connectivity index (χ4v) is 1.70. The third-order valence-electron chi connectivity index (χ3n) is 2.14. The molecule has 1 heteroatoms. The lowest BCUT2D eigenvalue weighted by Gasteiger charge is -2.06. The minimum absolute atomic E-state index is 1.37. The van der Waals surface area contributed by atoms with E-state index in [0.29, 0.717) is 0 Å². The molecule has 1 aromatic carbocycles. The Morgan fingerprint density at radius 2 is 1.45 bits per heavy atom. The fourth-order valence-electron chi connectivity index (χ4n) is 1.11. The summed E-state index contributed by atoms with van der Waals surface area (Å²) in [7, 11) is 0. The van der Waals surface area contributed by atoms with Crippen molar-refractivity contribution in [2.75, 3.05) is 6.26 Å². The highest BCUT2D eigenvalue weighted by atomic mass is 32.2. The van der Waals surface area contributed by atoms with Gasteiger partial charge in [-0.3, -0.25) is 0 Å². The van der Waals surface area contributed by atoms with Crippen molar-refractivity contribution in [3.8, 4) is 0 Å². The van der Waals surface area contributed by atoms with Gasteiger partial charge in [0, 0.05) is 4.90 Å². The van der Waals surface area contributed by atoms with Gasteiger partial charge >= 0.3 is 0 Å². The van der Waals surface area contributed by atoms with Crippen LogP contribution in [-0.2, 0) is 0 Å². The van der Waals surface area contributed by atoms with Crippen molar-refractivity contribution >= 4 is 11.8 Å². The second kappa shape index (κ2) is 3.31. The van der Waals surface area contributed by atoms with Crippen LogP contribution in [0.4, 0.5) is 0 Å². The molecule has 0 aromatic heterocycles. The zero-order chi connectivity index (χ0) is 8.43. The van der Waals surface area contributed by atoms with E-state index in [0.717, 1.165) is 0 Å². The molecule has 1 rings (SSSR count). The van der Waals surface area contributed by atoms with Crippen molar-refractivity contribution in [3.63, 3.8) is 0 Å². The minimum Gasteiger partial charge on any atom is -0.130 e. The van der Waals surface area contributed by atoms with Gasteiger partial charge in [0.2, 0.25) is 0 Å². The highest BCUT2D eigenvalue weighted by Crippen LogP contribution is 2.21. The third-order valence-corrected chi connectivity index (χ3v) is 2.84. The second-order valence-electron chi connectivity index (χ2n) is 2.89. The van der Waals surface area contributed by atoms with E-state index in [1.165, 1.54) is 21.6 Å². The van der Waals surface area contributed by atoms with Gasteiger partial charge in [-0.1, -0.05) is 0 Å². The monoisotopic (exact) mass is 166 g/mol. The van der Waals surface area contributed by atoms with Crippen LogP contribution in [0.2, 0.25) is 0 Å². The smallest absolute Gasteiger partial charge is 0.00745 e. The van der Waals surface area contributed by atoms with Crippen molar-refractivity contribution < 1.29 is 0 Å². The van der Waals surface area contributed by atoms with E-state index in [4.69, 9.17) is 0 Å². The van der Waals surface area contributed by atoms with Gasteiger partial charge in [0.25, 0.3) is 0 Å². The Morgan fingerprint density at radius 1 is 1.00 bits per heavy atom. The summed E-state index contributed by atoms with van der Waals surface area (Å²) in [5.74, 6) is 0. The molecule has 0 aliphatic heterocycles. The summed E-state index contributed by atoms with van der Waals surface area (Å²) in [6.07, 6.45) is 2.11. The van der Waals surface area contributed by atoms with Gasteiger partial charge in [0.15, 0.2) is 0 Å². The number of benzene rings is 1. The van der Waals surface area contributed by atoms with Crippen LogP contribution in [0, 0.1) is 20.8 Å². The first-order chi connectivity index (χ1) is 5.15. The molecule has 60 valence electrons. The summed E-state index contributed by atoms with van der Waals surface area (Å²) in [5.41, 5.74) is 4.21. The van der Waals surface area contributed by atoms with Crippen molar-refractivity contribution in [2.45, 2.75) is 25.7 Å². The van der Waals surface area contributed by atoms with Gasteiger partial charge < -0.3 is 0 Å². The van der Waals surface area contributed by atoms with Gasteiger partial charge in [0.1, 0.15) is 0 Å². The molecular formula is C10H14S. The molecule has 0 aliphatic rings. The number of aryl methyl sites for hydroxylation is 2. The predicted octanol–water partition coefficient (Wildman–Crippen LogP) is 3.33. The van der Waals surface area contributed by atoms with E-state index in [-0.39, 0.29) is 0 Å². The minimum atomic E-state index is 1.37. The third kappa shape index (κ3) is 1.78. The molecule has 11 heavy (non-hydrogen) atoms. The molecule has 0 N–H and O–H groups in total. The predicted molar refractivity (Wildman–Crippen MR) is 52.4 cm³/mol. The van der Waals surface area contributed by atoms with Crippen LogP contribution in [0.3, 0.4) is 0 Å². The Bertz CT molecular complexity index is 241. The zero-order valence-corrected chi connectivity index (χ0v) is 8.38. The van der Waals surface area contributed by atoms with E-state index in [9.17, 15) is 0 Å². The highest BCUT2D eigenvalue weighted by Gasteiger charge is 1.98. The standard InChI is InChI=1S/C10H14S/c1-7-5-10(11-4)6-8(2)9(7)3/h5-6H,1-4H3. The lowest BCUT2D eigenvalue weighted by atomic mass is 10.1. The van der Waals surface area contributed by atoms with Crippen LogP contribution in [-0.4, -0.2) is 6.26 Å². The van der Waals surface area contributed by atoms with Gasteiger partial charge in [-0.25, -0.2) is 0 Å². The van der Waals surface area contributed by atoms with Crippen molar-refractivity contribution in [1.82, 2.24) is 0 Å². The summed E-state index contributed by atoms with van der Waals surface area (Å²) in [6.45, 7) is 6.51. The average Bonchev–Trinajstić information content (AvgIpc) is 1.99. The maximum atomic E-state index is 2.24. The Labute approximate surface area is 73.0 Å². The van der Waals surface area contributed by atoms with Crippen LogP contribution in [0.5, 0.6) is 0 Å². The topological polar surface area (TPSA) is 0 Å². The Kier molecular flexibility index (Phi) is 2.61. The molecule has 0 spiro atoms. The summed E-state index contributed by atoms with van der Waals surface area (Å²) in [4.78, 5) is 1.37. The number of hydrogen-bond acceptors (Lipinski definition) is 1. The maximum absolute atomic E-state index is 2.24. The molecule has 0 bridgehead atoms. The lowest BCUT2D eigenvalue weighted by molar-refractivity contribution is 1.21. The van der Waals surface area contributed by atoms with Crippen LogP contribution >= 0.6 is 11.8 Å². The molecular weight excluding hydrogens is 152 g/mol. The quantitative estimate of drug-likeness (QED) is 0.577. The summed E-state index contributed by atoms with van der Waals surface area (Å²) in [5, 5.41) is 0. The summed E-state index contributed by atoms with van der Waals surface area (Å²) < 4.78 is 0. The van der Waals surface area contributed by atoms with Gasteiger partial charge in [0.05, 0.1) is 0 Å². The SMILES string of the molecule is CSc1cc(C)c(C)c(C)c1. The molecule has 0 heterocycles. The first kappa shape index (κ1) is 8.66. The van der Waals surface area contributed by atoms with Crippen LogP contribution < -0.4 is 0 Å². The van der Waals surface area contributed by atoms with Gasteiger partial charge in [-0.2, -0.15) is 0 Å². The summed E-state index contributed by atoms with van der Waals surface area (Å²) in [6, 6.07) is 4.49. The molecule has 0 amide bonds. The van der Waals surface area contributed by atoms with E-state index in [2.05, 4.69) is 39.2 Å². The van der Waals surface area contributed by atoms with Crippen molar-refractivity contribution in [2.24, 2.45) is 0 Å². The van der Waals surface area contributed by atoms with Gasteiger partial charge in [-0.05, 0) is 55.9 Å². The van der Waals surface area contributed by atoms with Crippen LogP contribution in [0.25, 0.3) is 0 Å². The van der Waals surface area contributed by atoms with E-state index < -0.39 is 0 Å². The summed E-state index contributed by atoms with van der Waals surface area (Å²) >= 11 is 1.81. The van der Waals surface area contributed by atoms with Crippen molar-refractivity contribution in [3.05, 3.63) is 28.8 Å². The molecule has 0 unspecified atom stereocenters. The zero-order valence-electron chi connectivity index (χ0n) is 7.56. The second-order valence-corrected chi connectivity index (χ2v) is 3.77. The molecule has 1 aromatic rings. The average molecular weight is 166 g/mol. The lowest BCUT2D eigenvalue weighted by Crippen LogP contribution is -1.86. The Balaban J connectivity index is 3.21. The van der Waals surface area contributed by atoms with Crippen molar-refractivity contribution in [1.29, 1.82) is 0 Å². The van der Waals surface area contributed by atoms with E-state index >= 15 is 0 Å². The fraction of sp³-hybridized carbons (Fsp3) is 0.400. The molecule has 0 saturated carbocycles. The number of thioether (sulfide) groups is 1. The molecule has 0 radical (unpaired) electrons. The van der Waals surface area contributed by atoms with E-state index in [1.807, 2.05) is 0 Å². The normalized spacial score (nSPS) is 10.2. The first-order valence-corrected chi connectivity index (χ1v) is 4.99. The number of rotatable bonds is 1. The molecule has 0 atom stereocenters. The molecule has 0 saturated heterocycles. The van der Waals surface area contributed by atoms with Crippen LogP contribution in [0.1, 0.15) is 16.7 Å². The largest absolute Gasteiger partial charge is 0.130 e. The first-order valence-electron chi connectivity index (χ1n) is 3.77. The Morgan fingerprint density at radius 3 is 1.82 bits per heavy atom. The van der Waals surface area contributed by atoms with Gasteiger partial charge in [-0.15, -0.1) is 11.8 Å². The van der Waals surface area contributed by atoms with Crippen LogP contribution in [0.15, 0.2) is 17.0 Å². The Hall–Kier alpha value is -0.430. The molecule has 0 nitrogen and oxygen atoms in total. The highest BCUT2D eigenvalue weighted by molar-refractivity contribution is 7.98. The maximum Gasteiger partial charge on any atom is 0.00745 e. The number of hydrogen-bond donors (Lipinski definition) is 0. The molecule has 0 aliphatic carbocycles.